The summed E-state index contributed by atoms with van der Waals surface area (Å²) in [5.41, 5.74) is 13.7. The molecule has 6 heteroatoms. The highest BCUT2D eigenvalue weighted by Gasteiger charge is 2.32. The molecule has 4 rings (SSSR count). The van der Waals surface area contributed by atoms with E-state index in [4.69, 9.17) is 15.7 Å². The highest BCUT2D eigenvalue weighted by atomic mass is 15.4. The Morgan fingerprint density at radius 3 is 2.68 bits per heavy atom. The van der Waals surface area contributed by atoms with Gasteiger partial charge < -0.3 is 10.6 Å². The van der Waals surface area contributed by atoms with Gasteiger partial charge in [-0.2, -0.15) is 0 Å². The molecule has 0 aromatic carbocycles. The van der Waals surface area contributed by atoms with Gasteiger partial charge in [0, 0.05) is 55.8 Å². The van der Waals surface area contributed by atoms with Gasteiger partial charge in [-0.15, -0.1) is 0 Å². The Hall–Kier alpha value is -1.24. The SMILES string of the molecule is CN(CC1CCNN1)c1cc(C2CC(N)C2)nc(C2CC2)n1. The van der Waals surface area contributed by atoms with Crippen molar-refractivity contribution < 1.29 is 0 Å². The average Bonchev–Trinajstić information content (AvgIpc) is 3.22. The van der Waals surface area contributed by atoms with Gasteiger partial charge in [0.25, 0.3) is 0 Å². The van der Waals surface area contributed by atoms with Crippen molar-refractivity contribution in [3.05, 3.63) is 17.6 Å². The standard InChI is InChI=1S/C16H26N6/c1-22(9-13-4-5-18-21-13)15-8-14(11-6-12(17)7-11)19-16(20-15)10-2-3-10/h8,10-13,18,21H,2-7,9,17H2,1H3. The van der Waals surface area contributed by atoms with Crippen LogP contribution in [0.5, 0.6) is 0 Å². The van der Waals surface area contributed by atoms with Gasteiger partial charge in [0.15, 0.2) is 0 Å². The molecule has 1 atom stereocenters. The van der Waals surface area contributed by atoms with Gasteiger partial charge in [0.2, 0.25) is 0 Å². The summed E-state index contributed by atoms with van der Waals surface area (Å²) >= 11 is 0. The molecular formula is C16H26N6. The van der Waals surface area contributed by atoms with E-state index < -0.39 is 0 Å². The Morgan fingerprint density at radius 2 is 2.05 bits per heavy atom. The number of anilines is 1. The molecule has 22 heavy (non-hydrogen) atoms. The van der Waals surface area contributed by atoms with Crippen molar-refractivity contribution in [2.45, 2.75) is 56.0 Å². The molecule has 1 aromatic rings. The summed E-state index contributed by atoms with van der Waals surface area (Å²) in [5.74, 6) is 3.25. The lowest BCUT2D eigenvalue weighted by atomic mass is 9.78. The lowest BCUT2D eigenvalue weighted by Crippen LogP contribution is -2.39. The van der Waals surface area contributed by atoms with E-state index in [0.29, 0.717) is 23.9 Å². The summed E-state index contributed by atoms with van der Waals surface area (Å²) in [6, 6.07) is 3.04. The molecule has 1 saturated heterocycles. The van der Waals surface area contributed by atoms with Gasteiger partial charge in [0.1, 0.15) is 11.6 Å². The lowest BCUT2D eigenvalue weighted by Gasteiger charge is -2.33. The Balaban J connectivity index is 1.54. The van der Waals surface area contributed by atoms with Crippen molar-refractivity contribution in [3.63, 3.8) is 0 Å². The number of nitrogens with zero attached hydrogens (tertiary/aromatic N) is 3. The molecule has 120 valence electrons. The maximum absolute atomic E-state index is 5.95. The number of nitrogens with one attached hydrogen (secondary N) is 2. The van der Waals surface area contributed by atoms with E-state index in [2.05, 4.69) is 28.9 Å². The van der Waals surface area contributed by atoms with Crippen LogP contribution in [-0.2, 0) is 0 Å². The van der Waals surface area contributed by atoms with Crippen molar-refractivity contribution in [2.24, 2.45) is 5.73 Å². The average molecular weight is 302 g/mol. The Labute approximate surface area is 131 Å². The van der Waals surface area contributed by atoms with Gasteiger partial charge in [-0.25, -0.2) is 9.97 Å². The third-order valence-electron chi connectivity index (χ3n) is 5.09. The molecule has 0 spiro atoms. The molecule has 0 radical (unpaired) electrons. The fourth-order valence-electron chi connectivity index (χ4n) is 3.40. The first-order valence-electron chi connectivity index (χ1n) is 8.53. The molecule has 4 N–H and O–H groups in total. The summed E-state index contributed by atoms with van der Waals surface area (Å²) in [6.45, 7) is 2.01. The molecule has 6 nitrogen and oxygen atoms in total. The Bertz CT molecular complexity index is 531. The third kappa shape index (κ3) is 2.95. The zero-order valence-electron chi connectivity index (χ0n) is 13.3. The number of hydrogen-bond donors (Lipinski definition) is 3. The van der Waals surface area contributed by atoms with Gasteiger partial charge in [-0.05, 0) is 32.1 Å². The molecule has 0 bridgehead atoms. The Kier molecular flexibility index (Phi) is 3.76. The maximum Gasteiger partial charge on any atom is 0.134 e. The number of nitrogens with two attached hydrogens (primary N) is 1. The quantitative estimate of drug-likeness (QED) is 0.749. The van der Waals surface area contributed by atoms with E-state index in [1.54, 1.807) is 0 Å². The number of rotatable bonds is 5. The fourth-order valence-corrected chi connectivity index (χ4v) is 3.40. The monoisotopic (exact) mass is 302 g/mol. The molecule has 2 heterocycles. The second-order valence-corrected chi connectivity index (χ2v) is 7.15. The van der Waals surface area contributed by atoms with Crippen molar-refractivity contribution in [3.8, 4) is 0 Å². The number of hydrazine groups is 1. The van der Waals surface area contributed by atoms with E-state index in [-0.39, 0.29) is 0 Å². The Morgan fingerprint density at radius 1 is 1.23 bits per heavy atom. The number of likely N-dealkylation sites (N-methyl/N-ethyl adjacent to an activating group) is 1. The van der Waals surface area contributed by atoms with Crippen molar-refractivity contribution in [2.75, 3.05) is 25.0 Å². The summed E-state index contributed by atoms with van der Waals surface area (Å²) < 4.78 is 0. The highest BCUT2D eigenvalue weighted by Crippen LogP contribution is 2.41. The van der Waals surface area contributed by atoms with Gasteiger partial charge in [0.05, 0.1) is 0 Å². The summed E-state index contributed by atoms with van der Waals surface area (Å²) in [4.78, 5) is 11.9. The van der Waals surface area contributed by atoms with Crippen molar-refractivity contribution >= 4 is 5.82 Å². The lowest BCUT2D eigenvalue weighted by molar-refractivity contribution is 0.344. The fraction of sp³-hybridized carbons (Fsp3) is 0.750. The summed E-state index contributed by atoms with van der Waals surface area (Å²) in [5, 5.41) is 0. The molecular weight excluding hydrogens is 276 g/mol. The van der Waals surface area contributed by atoms with E-state index >= 15 is 0 Å². The first-order chi connectivity index (χ1) is 10.7. The summed E-state index contributed by atoms with van der Waals surface area (Å²) in [6.07, 6.45) is 5.78. The van der Waals surface area contributed by atoms with Crippen LogP contribution in [0.1, 0.15) is 55.5 Å². The highest BCUT2D eigenvalue weighted by molar-refractivity contribution is 5.41. The topological polar surface area (TPSA) is 79.1 Å². The summed E-state index contributed by atoms with van der Waals surface area (Å²) in [7, 11) is 2.13. The van der Waals surface area contributed by atoms with Crippen LogP contribution in [0.4, 0.5) is 5.82 Å². The minimum atomic E-state index is 0.360. The minimum Gasteiger partial charge on any atom is -0.358 e. The van der Waals surface area contributed by atoms with E-state index in [1.165, 1.54) is 18.5 Å². The largest absolute Gasteiger partial charge is 0.358 e. The predicted molar refractivity (Wildman–Crippen MR) is 86.8 cm³/mol. The van der Waals surface area contributed by atoms with Crippen LogP contribution in [0, 0.1) is 0 Å². The first-order valence-corrected chi connectivity index (χ1v) is 8.53. The van der Waals surface area contributed by atoms with E-state index in [1.807, 2.05) is 0 Å². The van der Waals surface area contributed by atoms with Crippen LogP contribution in [0.25, 0.3) is 0 Å². The molecule has 3 aliphatic rings. The third-order valence-corrected chi connectivity index (χ3v) is 5.09. The zero-order valence-corrected chi connectivity index (χ0v) is 13.3. The molecule has 1 unspecified atom stereocenters. The minimum absolute atomic E-state index is 0.360. The molecule has 0 amide bonds. The van der Waals surface area contributed by atoms with Crippen molar-refractivity contribution in [1.29, 1.82) is 0 Å². The smallest absolute Gasteiger partial charge is 0.134 e. The van der Waals surface area contributed by atoms with Gasteiger partial charge in [-0.3, -0.25) is 10.9 Å². The van der Waals surface area contributed by atoms with Crippen LogP contribution >= 0.6 is 0 Å². The second-order valence-electron chi connectivity index (χ2n) is 7.15. The molecule has 1 aliphatic heterocycles. The van der Waals surface area contributed by atoms with Gasteiger partial charge in [-0.1, -0.05) is 0 Å². The molecule has 1 aromatic heterocycles. The number of hydrogen-bond acceptors (Lipinski definition) is 6. The van der Waals surface area contributed by atoms with Crippen LogP contribution < -0.4 is 21.5 Å². The van der Waals surface area contributed by atoms with E-state index in [9.17, 15) is 0 Å². The molecule has 2 saturated carbocycles. The van der Waals surface area contributed by atoms with Crippen LogP contribution in [-0.4, -0.2) is 42.2 Å². The van der Waals surface area contributed by atoms with Crippen LogP contribution in [0.2, 0.25) is 0 Å². The van der Waals surface area contributed by atoms with Crippen LogP contribution in [0.3, 0.4) is 0 Å². The molecule has 2 aliphatic carbocycles. The van der Waals surface area contributed by atoms with E-state index in [0.717, 1.165) is 44.0 Å². The molecule has 3 fully saturated rings. The normalized spacial score (nSPS) is 31.1. The second kappa shape index (κ2) is 5.76. The van der Waals surface area contributed by atoms with Crippen LogP contribution in [0.15, 0.2) is 6.07 Å². The first kappa shape index (κ1) is 14.4. The zero-order chi connectivity index (χ0) is 15.1. The van der Waals surface area contributed by atoms with Crippen molar-refractivity contribution in [1.82, 2.24) is 20.8 Å². The number of aromatic nitrogens is 2. The maximum atomic E-state index is 5.95. The van der Waals surface area contributed by atoms with Gasteiger partial charge >= 0.3 is 0 Å². The predicted octanol–water partition coefficient (Wildman–Crippen LogP) is 0.861.